The van der Waals surface area contributed by atoms with Crippen LogP contribution >= 0.6 is 24.0 Å². The van der Waals surface area contributed by atoms with Crippen LogP contribution in [0.1, 0.15) is 5.56 Å². The van der Waals surface area contributed by atoms with E-state index >= 15 is 0 Å². The quantitative estimate of drug-likeness (QED) is 0.246. The second-order valence-electron chi connectivity index (χ2n) is 5.53. The molecule has 0 aromatic heterocycles. The van der Waals surface area contributed by atoms with Gasteiger partial charge in [0.2, 0.25) is 0 Å². The molecule has 7 nitrogen and oxygen atoms in total. The van der Waals surface area contributed by atoms with E-state index in [4.69, 9.17) is 19.9 Å². The van der Waals surface area contributed by atoms with Crippen molar-refractivity contribution < 1.29 is 14.2 Å². The van der Waals surface area contributed by atoms with E-state index in [1.807, 2.05) is 24.3 Å². The first-order chi connectivity index (χ1) is 11.8. The minimum atomic E-state index is 0. The highest BCUT2D eigenvalue weighted by atomic mass is 127. The Kier molecular flexibility index (Phi) is 11.5. The third-order valence-corrected chi connectivity index (χ3v) is 3.77. The molecule has 0 unspecified atom stereocenters. The van der Waals surface area contributed by atoms with E-state index in [9.17, 15) is 0 Å². The van der Waals surface area contributed by atoms with Gasteiger partial charge in [-0.25, -0.2) is 4.99 Å². The number of methoxy groups -OCH3 is 1. The van der Waals surface area contributed by atoms with Gasteiger partial charge in [-0.05, 0) is 6.07 Å². The summed E-state index contributed by atoms with van der Waals surface area (Å²) in [5.41, 5.74) is 6.86. The number of nitrogens with zero attached hydrogens (tertiary/aromatic N) is 2. The van der Waals surface area contributed by atoms with Gasteiger partial charge in [-0.2, -0.15) is 0 Å². The third kappa shape index (κ3) is 8.70. The average Bonchev–Trinajstić information content (AvgIpc) is 2.62. The molecule has 1 saturated heterocycles. The van der Waals surface area contributed by atoms with Gasteiger partial charge in [0.1, 0.15) is 12.4 Å². The Hall–Kier alpha value is -1.10. The Labute approximate surface area is 166 Å². The molecule has 0 amide bonds. The summed E-state index contributed by atoms with van der Waals surface area (Å²) >= 11 is 0. The number of halogens is 1. The summed E-state index contributed by atoms with van der Waals surface area (Å²) in [6.45, 7) is 6.84. The molecule has 142 valence electrons. The standard InChI is InChI=1S/C17H28N4O3.HI/c1-22-10-6-19-17(18)20-14-15-4-2-3-5-16(15)24-13-9-21-7-11-23-12-8-21;/h2-5H,6-14H2,1H3,(H3,18,19,20);1H. The van der Waals surface area contributed by atoms with Crippen LogP contribution in [0.25, 0.3) is 0 Å². The molecular formula is C17H29IN4O3. The first kappa shape index (κ1) is 21.9. The maximum absolute atomic E-state index is 5.94. The molecule has 8 heteroatoms. The number of hydrogen-bond donors (Lipinski definition) is 2. The fourth-order valence-corrected chi connectivity index (χ4v) is 2.39. The summed E-state index contributed by atoms with van der Waals surface area (Å²) in [5, 5.41) is 3.00. The van der Waals surface area contributed by atoms with Crippen LogP contribution in [0.4, 0.5) is 0 Å². The number of nitrogens with two attached hydrogens (primary N) is 1. The second-order valence-corrected chi connectivity index (χ2v) is 5.53. The van der Waals surface area contributed by atoms with Crippen LogP contribution in [0, 0.1) is 0 Å². The van der Waals surface area contributed by atoms with E-state index in [0.29, 0.717) is 32.3 Å². The van der Waals surface area contributed by atoms with Crippen LogP contribution in [0.5, 0.6) is 5.75 Å². The van der Waals surface area contributed by atoms with Crippen LogP contribution in [0.2, 0.25) is 0 Å². The number of aliphatic imine (C=N–C) groups is 1. The van der Waals surface area contributed by atoms with Gasteiger partial charge >= 0.3 is 0 Å². The van der Waals surface area contributed by atoms with Gasteiger partial charge in [0.25, 0.3) is 0 Å². The van der Waals surface area contributed by atoms with Crippen LogP contribution in [-0.2, 0) is 16.0 Å². The number of ether oxygens (including phenoxy) is 3. The summed E-state index contributed by atoms with van der Waals surface area (Å²) in [6.07, 6.45) is 0. The first-order valence-corrected chi connectivity index (χ1v) is 8.33. The van der Waals surface area contributed by atoms with E-state index in [1.54, 1.807) is 7.11 Å². The first-order valence-electron chi connectivity index (χ1n) is 8.33. The summed E-state index contributed by atoms with van der Waals surface area (Å²) in [6, 6.07) is 7.93. The normalized spacial score (nSPS) is 15.5. The molecule has 0 saturated carbocycles. The lowest BCUT2D eigenvalue weighted by Gasteiger charge is -2.26. The van der Waals surface area contributed by atoms with Crippen molar-refractivity contribution in [2.45, 2.75) is 6.54 Å². The van der Waals surface area contributed by atoms with E-state index < -0.39 is 0 Å². The second kappa shape index (κ2) is 13.2. The van der Waals surface area contributed by atoms with Crippen molar-refractivity contribution in [2.75, 3.05) is 59.7 Å². The van der Waals surface area contributed by atoms with Crippen LogP contribution in [0.3, 0.4) is 0 Å². The number of morpholine rings is 1. The van der Waals surface area contributed by atoms with Crippen molar-refractivity contribution in [3.8, 4) is 5.75 Å². The van der Waals surface area contributed by atoms with Crippen molar-refractivity contribution >= 4 is 29.9 Å². The van der Waals surface area contributed by atoms with Crippen molar-refractivity contribution in [1.29, 1.82) is 0 Å². The topological polar surface area (TPSA) is 81.3 Å². The summed E-state index contributed by atoms with van der Waals surface area (Å²) in [7, 11) is 1.65. The molecule has 1 aromatic carbocycles. The molecule has 0 spiro atoms. The van der Waals surface area contributed by atoms with Crippen molar-refractivity contribution in [1.82, 2.24) is 10.2 Å². The van der Waals surface area contributed by atoms with Crippen molar-refractivity contribution in [3.05, 3.63) is 29.8 Å². The monoisotopic (exact) mass is 464 g/mol. The van der Waals surface area contributed by atoms with Gasteiger partial charge in [-0.15, -0.1) is 24.0 Å². The lowest BCUT2D eigenvalue weighted by atomic mass is 10.2. The average molecular weight is 464 g/mol. The zero-order valence-electron chi connectivity index (χ0n) is 14.8. The maximum Gasteiger partial charge on any atom is 0.189 e. The molecule has 25 heavy (non-hydrogen) atoms. The zero-order valence-corrected chi connectivity index (χ0v) is 17.1. The molecular weight excluding hydrogens is 435 g/mol. The number of hydrogen-bond acceptors (Lipinski definition) is 5. The zero-order chi connectivity index (χ0) is 17.0. The summed E-state index contributed by atoms with van der Waals surface area (Å²) in [4.78, 5) is 6.69. The summed E-state index contributed by atoms with van der Waals surface area (Å²) < 4.78 is 16.3. The SMILES string of the molecule is COCCNC(N)=NCc1ccccc1OCCN1CCOCC1.I. The van der Waals surface area contributed by atoms with E-state index in [0.717, 1.165) is 44.2 Å². The van der Waals surface area contributed by atoms with Crippen LogP contribution in [-0.4, -0.2) is 70.6 Å². The Bertz CT molecular complexity index is 510. The predicted octanol–water partition coefficient (Wildman–Crippen LogP) is 1.07. The number of benzene rings is 1. The molecule has 3 N–H and O–H groups in total. The Morgan fingerprint density at radius 3 is 2.80 bits per heavy atom. The molecule has 1 heterocycles. The molecule has 1 aliphatic rings. The van der Waals surface area contributed by atoms with Gasteiger partial charge in [0.15, 0.2) is 5.96 Å². The lowest BCUT2D eigenvalue weighted by Crippen LogP contribution is -2.38. The van der Waals surface area contributed by atoms with Gasteiger partial charge < -0.3 is 25.3 Å². The minimum absolute atomic E-state index is 0. The predicted molar refractivity (Wildman–Crippen MR) is 110 cm³/mol. The number of nitrogens with one attached hydrogen (secondary N) is 1. The van der Waals surface area contributed by atoms with Crippen LogP contribution < -0.4 is 15.8 Å². The fraction of sp³-hybridized carbons (Fsp3) is 0.588. The number of rotatable bonds is 9. The maximum atomic E-state index is 5.94. The Morgan fingerprint density at radius 2 is 2.04 bits per heavy atom. The Morgan fingerprint density at radius 1 is 1.28 bits per heavy atom. The minimum Gasteiger partial charge on any atom is -0.492 e. The third-order valence-electron chi connectivity index (χ3n) is 3.77. The molecule has 2 rings (SSSR count). The van der Waals surface area contributed by atoms with Gasteiger partial charge in [-0.1, -0.05) is 18.2 Å². The Balaban J connectivity index is 0.00000312. The highest BCUT2D eigenvalue weighted by Gasteiger charge is 2.10. The van der Waals surface area contributed by atoms with E-state index in [-0.39, 0.29) is 24.0 Å². The van der Waals surface area contributed by atoms with Gasteiger partial charge in [0.05, 0.1) is 26.4 Å². The molecule has 1 aliphatic heterocycles. The molecule has 0 radical (unpaired) electrons. The van der Waals surface area contributed by atoms with Crippen molar-refractivity contribution in [2.24, 2.45) is 10.7 Å². The fourth-order valence-electron chi connectivity index (χ4n) is 2.39. The number of para-hydroxylation sites is 1. The molecule has 0 atom stereocenters. The molecule has 1 aromatic rings. The van der Waals surface area contributed by atoms with Gasteiger partial charge in [0, 0.05) is 38.9 Å². The molecule has 0 bridgehead atoms. The van der Waals surface area contributed by atoms with Crippen molar-refractivity contribution in [3.63, 3.8) is 0 Å². The van der Waals surface area contributed by atoms with E-state index in [1.165, 1.54) is 0 Å². The highest BCUT2D eigenvalue weighted by molar-refractivity contribution is 14.0. The lowest BCUT2D eigenvalue weighted by molar-refractivity contribution is 0.0322. The highest BCUT2D eigenvalue weighted by Crippen LogP contribution is 2.18. The number of guanidine groups is 1. The largest absolute Gasteiger partial charge is 0.492 e. The summed E-state index contributed by atoms with van der Waals surface area (Å²) in [5.74, 6) is 1.27. The van der Waals surface area contributed by atoms with Gasteiger partial charge in [-0.3, -0.25) is 4.90 Å². The smallest absolute Gasteiger partial charge is 0.189 e. The molecule has 1 fully saturated rings. The van der Waals surface area contributed by atoms with Crippen LogP contribution in [0.15, 0.2) is 29.3 Å². The molecule has 0 aliphatic carbocycles. The van der Waals surface area contributed by atoms with E-state index in [2.05, 4.69) is 15.2 Å².